The minimum atomic E-state index is -1.03. The van der Waals surface area contributed by atoms with Crippen LogP contribution in [0.15, 0.2) is 54.6 Å². The standard InChI is InChI=1S/C19H17NO3/c1-19(18(20)23)11-14(16(21)12-7-3-2-4-8-12)17(22)13-9-5-6-10-15(13)19/h2-10,14H,11H2,1H3,(H2,20,23)/t14?,19-/m1/s1. The Morgan fingerprint density at radius 1 is 1.04 bits per heavy atom. The highest BCUT2D eigenvalue weighted by Gasteiger charge is 2.47. The molecule has 1 aliphatic carbocycles. The van der Waals surface area contributed by atoms with Gasteiger partial charge in [0.1, 0.15) is 0 Å². The first-order valence-corrected chi connectivity index (χ1v) is 7.48. The number of carbonyl (C=O) groups is 3. The molecule has 0 saturated carbocycles. The van der Waals surface area contributed by atoms with Crippen molar-refractivity contribution in [2.24, 2.45) is 11.7 Å². The fraction of sp³-hybridized carbons (Fsp3) is 0.211. The van der Waals surface area contributed by atoms with Gasteiger partial charge >= 0.3 is 0 Å². The molecule has 1 unspecified atom stereocenters. The van der Waals surface area contributed by atoms with E-state index in [9.17, 15) is 14.4 Å². The van der Waals surface area contributed by atoms with Crippen LogP contribution in [0.5, 0.6) is 0 Å². The Morgan fingerprint density at radius 2 is 1.65 bits per heavy atom. The maximum Gasteiger partial charge on any atom is 0.227 e. The first kappa shape index (κ1) is 15.2. The Kier molecular flexibility index (Phi) is 3.60. The number of carbonyl (C=O) groups excluding carboxylic acids is 3. The summed E-state index contributed by atoms with van der Waals surface area (Å²) in [5.74, 6) is -1.92. The number of fused-ring (bicyclic) bond motifs is 1. The van der Waals surface area contributed by atoms with Crippen molar-refractivity contribution in [1.82, 2.24) is 0 Å². The van der Waals surface area contributed by atoms with Crippen LogP contribution in [0.25, 0.3) is 0 Å². The van der Waals surface area contributed by atoms with Crippen molar-refractivity contribution in [1.29, 1.82) is 0 Å². The number of primary amides is 1. The molecule has 0 aliphatic heterocycles. The molecule has 1 amide bonds. The molecule has 2 N–H and O–H groups in total. The molecular weight excluding hydrogens is 290 g/mol. The highest BCUT2D eigenvalue weighted by molar-refractivity contribution is 6.18. The smallest absolute Gasteiger partial charge is 0.227 e. The van der Waals surface area contributed by atoms with E-state index in [1.165, 1.54) is 0 Å². The van der Waals surface area contributed by atoms with E-state index < -0.39 is 17.2 Å². The molecule has 0 fully saturated rings. The second-order valence-electron chi connectivity index (χ2n) is 6.09. The second-order valence-corrected chi connectivity index (χ2v) is 6.09. The Balaban J connectivity index is 2.10. The SMILES string of the molecule is C[C@@]1(C(N)=O)CC(C(=O)c2ccccc2)C(=O)c2ccccc21. The van der Waals surface area contributed by atoms with E-state index in [1.54, 1.807) is 55.5 Å². The predicted molar refractivity (Wildman–Crippen MR) is 86.2 cm³/mol. The minimum absolute atomic E-state index is 0.103. The number of amides is 1. The molecule has 3 rings (SSSR count). The number of Topliss-reactive ketones (excluding diaryl/α,β-unsaturated/α-hetero) is 2. The Morgan fingerprint density at radius 3 is 2.30 bits per heavy atom. The van der Waals surface area contributed by atoms with Crippen LogP contribution in [-0.4, -0.2) is 17.5 Å². The summed E-state index contributed by atoms with van der Waals surface area (Å²) < 4.78 is 0. The lowest BCUT2D eigenvalue weighted by atomic mass is 9.65. The van der Waals surface area contributed by atoms with Gasteiger partial charge in [0.05, 0.1) is 11.3 Å². The van der Waals surface area contributed by atoms with Gasteiger partial charge in [0.2, 0.25) is 5.91 Å². The molecule has 0 bridgehead atoms. The molecule has 0 radical (unpaired) electrons. The molecule has 0 heterocycles. The molecular formula is C19H17NO3. The van der Waals surface area contributed by atoms with Crippen LogP contribution in [0.4, 0.5) is 0 Å². The first-order chi connectivity index (χ1) is 10.9. The van der Waals surface area contributed by atoms with Gasteiger partial charge < -0.3 is 5.73 Å². The zero-order valence-electron chi connectivity index (χ0n) is 12.8. The maximum absolute atomic E-state index is 12.8. The molecule has 1 aliphatic rings. The third-order valence-electron chi connectivity index (χ3n) is 4.63. The molecule has 2 aromatic rings. The molecule has 0 aromatic heterocycles. The van der Waals surface area contributed by atoms with E-state index in [-0.39, 0.29) is 18.0 Å². The van der Waals surface area contributed by atoms with E-state index in [1.807, 2.05) is 6.07 Å². The lowest BCUT2D eigenvalue weighted by molar-refractivity contribution is -0.123. The van der Waals surface area contributed by atoms with Gasteiger partial charge in [0.25, 0.3) is 0 Å². The predicted octanol–water partition coefficient (Wildman–Crippen LogP) is 2.52. The van der Waals surface area contributed by atoms with Gasteiger partial charge in [0.15, 0.2) is 11.6 Å². The largest absolute Gasteiger partial charge is 0.369 e. The topological polar surface area (TPSA) is 77.2 Å². The molecule has 4 heteroatoms. The van der Waals surface area contributed by atoms with E-state index in [0.29, 0.717) is 16.7 Å². The third-order valence-corrected chi connectivity index (χ3v) is 4.63. The van der Waals surface area contributed by atoms with Crippen LogP contribution in [0.3, 0.4) is 0 Å². The van der Waals surface area contributed by atoms with Crippen LogP contribution in [0.2, 0.25) is 0 Å². The molecule has 23 heavy (non-hydrogen) atoms. The lowest BCUT2D eigenvalue weighted by Gasteiger charge is -2.36. The maximum atomic E-state index is 12.8. The molecule has 2 aromatic carbocycles. The molecule has 2 atom stereocenters. The third kappa shape index (κ3) is 2.36. The number of ketones is 2. The summed E-state index contributed by atoms with van der Waals surface area (Å²) in [4.78, 5) is 37.6. The number of benzene rings is 2. The Hall–Kier alpha value is -2.75. The van der Waals surface area contributed by atoms with Gasteiger partial charge in [-0.05, 0) is 18.9 Å². The number of nitrogens with two attached hydrogens (primary N) is 1. The summed E-state index contributed by atoms with van der Waals surface area (Å²) in [6, 6.07) is 15.6. The fourth-order valence-corrected chi connectivity index (χ4v) is 3.23. The highest BCUT2D eigenvalue weighted by Crippen LogP contribution is 2.40. The van der Waals surface area contributed by atoms with E-state index in [4.69, 9.17) is 5.73 Å². The Bertz CT molecular complexity index is 797. The molecule has 116 valence electrons. The van der Waals surface area contributed by atoms with Crippen LogP contribution in [-0.2, 0) is 10.2 Å². The van der Waals surface area contributed by atoms with Crippen molar-refractivity contribution < 1.29 is 14.4 Å². The molecule has 0 spiro atoms. The summed E-state index contributed by atoms with van der Waals surface area (Å²) in [7, 11) is 0. The summed E-state index contributed by atoms with van der Waals surface area (Å²) in [5.41, 5.74) is 6.06. The summed E-state index contributed by atoms with van der Waals surface area (Å²) in [6.07, 6.45) is 0.103. The van der Waals surface area contributed by atoms with Crippen LogP contribution in [0, 0.1) is 5.92 Å². The fourth-order valence-electron chi connectivity index (χ4n) is 3.23. The highest BCUT2D eigenvalue weighted by atomic mass is 16.2. The van der Waals surface area contributed by atoms with Crippen LogP contribution >= 0.6 is 0 Å². The summed E-state index contributed by atoms with van der Waals surface area (Å²) in [6.45, 7) is 1.70. The molecule has 0 saturated heterocycles. The lowest BCUT2D eigenvalue weighted by Crippen LogP contribution is -2.47. The van der Waals surface area contributed by atoms with Gasteiger partial charge in [-0.2, -0.15) is 0 Å². The first-order valence-electron chi connectivity index (χ1n) is 7.48. The van der Waals surface area contributed by atoms with Crippen LogP contribution in [0.1, 0.15) is 39.6 Å². The normalized spacial score (nSPS) is 23.2. The number of hydrogen-bond donors (Lipinski definition) is 1. The van der Waals surface area contributed by atoms with Crippen molar-refractivity contribution in [3.8, 4) is 0 Å². The van der Waals surface area contributed by atoms with E-state index in [2.05, 4.69) is 0 Å². The zero-order valence-corrected chi connectivity index (χ0v) is 12.8. The average Bonchev–Trinajstić information content (AvgIpc) is 2.58. The monoisotopic (exact) mass is 307 g/mol. The van der Waals surface area contributed by atoms with Gasteiger partial charge in [-0.25, -0.2) is 0 Å². The van der Waals surface area contributed by atoms with Crippen molar-refractivity contribution in [2.45, 2.75) is 18.8 Å². The second kappa shape index (κ2) is 5.47. The van der Waals surface area contributed by atoms with E-state index in [0.717, 1.165) is 0 Å². The van der Waals surface area contributed by atoms with Crippen molar-refractivity contribution >= 4 is 17.5 Å². The van der Waals surface area contributed by atoms with Gasteiger partial charge in [0, 0.05) is 11.1 Å². The van der Waals surface area contributed by atoms with Crippen LogP contribution < -0.4 is 5.73 Å². The van der Waals surface area contributed by atoms with E-state index >= 15 is 0 Å². The number of rotatable bonds is 3. The molecule has 4 nitrogen and oxygen atoms in total. The van der Waals surface area contributed by atoms with Gasteiger partial charge in [-0.1, -0.05) is 54.6 Å². The van der Waals surface area contributed by atoms with Gasteiger partial charge in [-0.3, -0.25) is 14.4 Å². The summed E-state index contributed by atoms with van der Waals surface area (Å²) in [5, 5.41) is 0. The quantitative estimate of drug-likeness (QED) is 0.699. The van der Waals surface area contributed by atoms with Crippen molar-refractivity contribution in [2.75, 3.05) is 0 Å². The van der Waals surface area contributed by atoms with Crippen molar-refractivity contribution in [3.05, 3.63) is 71.3 Å². The Labute approximate surface area is 134 Å². The zero-order chi connectivity index (χ0) is 16.6. The minimum Gasteiger partial charge on any atom is -0.369 e. The van der Waals surface area contributed by atoms with Gasteiger partial charge in [-0.15, -0.1) is 0 Å². The summed E-state index contributed by atoms with van der Waals surface area (Å²) >= 11 is 0. The van der Waals surface area contributed by atoms with Crippen molar-refractivity contribution in [3.63, 3.8) is 0 Å². The number of hydrogen-bond acceptors (Lipinski definition) is 3. The average molecular weight is 307 g/mol.